The number of rotatable bonds is 7. The fourth-order valence-electron chi connectivity index (χ4n) is 4.42. The molecule has 2 bridgehead atoms. The number of aromatic hydroxyl groups is 1. The maximum absolute atomic E-state index is 13.0. The Hall–Kier alpha value is -2.70. The Kier molecular flexibility index (Phi) is 9.03. The zero-order chi connectivity index (χ0) is 23.8. The van der Waals surface area contributed by atoms with Gasteiger partial charge in [-0.05, 0) is 50.3 Å². The lowest BCUT2D eigenvalue weighted by Gasteiger charge is -2.36. The maximum atomic E-state index is 13.0. The largest absolute Gasteiger partial charge is 0.507 e. The third-order valence-electron chi connectivity index (χ3n) is 5.98. The minimum Gasteiger partial charge on any atom is -0.507 e. The number of fused-ring (bicyclic) bond motifs is 3. The fraction of sp³-hybridized carbons (Fsp3) is 0.481. The number of ketones is 1. The van der Waals surface area contributed by atoms with Crippen molar-refractivity contribution in [2.75, 3.05) is 0 Å². The summed E-state index contributed by atoms with van der Waals surface area (Å²) in [5, 5.41) is 20.7. The molecule has 0 radical (unpaired) electrons. The number of hydrogen-bond acceptors (Lipinski definition) is 6. The van der Waals surface area contributed by atoms with Gasteiger partial charge in [0, 0.05) is 19.3 Å². The van der Waals surface area contributed by atoms with Crippen molar-refractivity contribution in [3.63, 3.8) is 0 Å². The van der Waals surface area contributed by atoms with E-state index in [9.17, 15) is 19.8 Å². The molecular formula is C27H34O6. The van der Waals surface area contributed by atoms with Crippen molar-refractivity contribution in [1.29, 1.82) is 0 Å². The SMILES string of the molecule is CC/C=C\C=C/C(=O)C/C(C)=C/CC1CC2CC(O)CC(Cc3cccc(O)c3C(=O)O1)O2. The van der Waals surface area contributed by atoms with Gasteiger partial charge in [0.2, 0.25) is 0 Å². The van der Waals surface area contributed by atoms with Crippen molar-refractivity contribution in [2.45, 2.75) is 83.2 Å². The van der Waals surface area contributed by atoms with Crippen LogP contribution in [0.25, 0.3) is 0 Å². The summed E-state index contributed by atoms with van der Waals surface area (Å²) < 4.78 is 12.0. The highest BCUT2D eigenvalue weighted by molar-refractivity contribution is 5.94. The molecule has 4 unspecified atom stereocenters. The molecule has 2 heterocycles. The minimum absolute atomic E-state index is 0.00730. The molecule has 1 fully saturated rings. The lowest BCUT2D eigenvalue weighted by Crippen LogP contribution is -2.40. The van der Waals surface area contributed by atoms with Crippen molar-refractivity contribution >= 4 is 11.8 Å². The van der Waals surface area contributed by atoms with Gasteiger partial charge in [-0.25, -0.2) is 4.79 Å². The number of phenolic OH excluding ortho intramolecular Hbond substituents is 1. The number of ether oxygens (including phenoxy) is 2. The Morgan fingerprint density at radius 1 is 1.18 bits per heavy atom. The van der Waals surface area contributed by atoms with Crippen LogP contribution < -0.4 is 0 Å². The van der Waals surface area contributed by atoms with Crippen LogP contribution in [0.15, 0.2) is 54.2 Å². The smallest absolute Gasteiger partial charge is 0.342 e. The number of allylic oxidation sites excluding steroid dienone is 5. The average molecular weight is 455 g/mol. The summed E-state index contributed by atoms with van der Waals surface area (Å²) in [6, 6.07) is 4.95. The molecule has 1 saturated heterocycles. The van der Waals surface area contributed by atoms with Crippen LogP contribution >= 0.6 is 0 Å². The van der Waals surface area contributed by atoms with E-state index in [4.69, 9.17) is 9.47 Å². The van der Waals surface area contributed by atoms with Crippen molar-refractivity contribution in [3.05, 3.63) is 65.3 Å². The first-order valence-corrected chi connectivity index (χ1v) is 11.7. The number of benzene rings is 1. The molecule has 33 heavy (non-hydrogen) atoms. The van der Waals surface area contributed by atoms with Crippen LogP contribution in [0.2, 0.25) is 0 Å². The van der Waals surface area contributed by atoms with Crippen LogP contribution in [-0.4, -0.2) is 46.4 Å². The first-order valence-electron chi connectivity index (χ1n) is 11.7. The second-order valence-corrected chi connectivity index (χ2v) is 8.91. The third-order valence-corrected chi connectivity index (χ3v) is 5.98. The van der Waals surface area contributed by atoms with Crippen molar-refractivity contribution in [1.82, 2.24) is 0 Å². The Morgan fingerprint density at radius 2 is 1.97 bits per heavy atom. The highest BCUT2D eigenvalue weighted by Crippen LogP contribution is 2.32. The molecule has 0 spiro atoms. The predicted octanol–water partition coefficient (Wildman–Crippen LogP) is 4.59. The normalized spacial score (nSPS) is 26.3. The topological polar surface area (TPSA) is 93.1 Å². The van der Waals surface area contributed by atoms with Gasteiger partial charge >= 0.3 is 5.97 Å². The lowest BCUT2D eigenvalue weighted by atomic mass is 9.91. The van der Waals surface area contributed by atoms with Crippen LogP contribution in [0.1, 0.15) is 68.3 Å². The van der Waals surface area contributed by atoms with Gasteiger partial charge in [-0.2, -0.15) is 0 Å². The van der Waals surface area contributed by atoms with Crippen molar-refractivity contribution in [2.24, 2.45) is 0 Å². The number of carbonyl (C=O) groups excluding carboxylic acids is 2. The molecule has 1 aromatic carbocycles. The number of phenols is 1. The van der Waals surface area contributed by atoms with Crippen LogP contribution in [0.4, 0.5) is 0 Å². The fourth-order valence-corrected chi connectivity index (χ4v) is 4.42. The van der Waals surface area contributed by atoms with Crippen molar-refractivity contribution < 1.29 is 29.3 Å². The predicted molar refractivity (Wildman–Crippen MR) is 126 cm³/mol. The van der Waals surface area contributed by atoms with E-state index in [1.54, 1.807) is 24.3 Å². The highest BCUT2D eigenvalue weighted by atomic mass is 16.5. The van der Waals surface area contributed by atoms with Gasteiger partial charge in [-0.15, -0.1) is 0 Å². The molecule has 0 aliphatic carbocycles. The Balaban J connectivity index is 1.75. The first kappa shape index (κ1) is 24.9. The average Bonchev–Trinajstić information content (AvgIpc) is 2.74. The lowest BCUT2D eigenvalue weighted by molar-refractivity contribution is -0.114. The summed E-state index contributed by atoms with van der Waals surface area (Å²) in [5.41, 5.74) is 1.70. The molecular weight excluding hydrogens is 420 g/mol. The van der Waals surface area contributed by atoms with Crippen LogP contribution in [0.3, 0.4) is 0 Å². The van der Waals surface area contributed by atoms with Gasteiger partial charge in [0.05, 0.1) is 18.3 Å². The van der Waals surface area contributed by atoms with Gasteiger partial charge < -0.3 is 19.7 Å². The minimum atomic E-state index is -0.554. The molecule has 6 nitrogen and oxygen atoms in total. The molecule has 3 rings (SSSR count). The van der Waals surface area contributed by atoms with Crippen molar-refractivity contribution in [3.8, 4) is 5.75 Å². The third kappa shape index (κ3) is 7.41. The summed E-state index contributed by atoms with van der Waals surface area (Å²) in [6.45, 7) is 3.91. The molecule has 0 amide bonds. The number of esters is 1. The zero-order valence-electron chi connectivity index (χ0n) is 19.4. The van der Waals surface area contributed by atoms with Gasteiger partial charge in [-0.1, -0.05) is 48.9 Å². The van der Waals surface area contributed by atoms with E-state index in [1.807, 2.05) is 32.1 Å². The Labute approximate surface area is 195 Å². The van der Waals surface area contributed by atoms with Crippen LogP contribution in [0, 0.1) is 0 Å². The maximum Gasteiger partial charge on any atom is 0.342 e. The molecule has 178 valence electrons. The Morgan fingerprint density at radius 3 is 2.76 bits per heavy atom. The second kappa shape index (κ2) is 12.0. The van der Waals surface area contributed by atoms with E-state index in [0.717, 1.165) is 12.0 Å². The standard InChI is InChI=1S/C27H34O6/c1-3-4-5-6-9-20(28)13-18(2)11-12-22-17-24-16-21(29)15-23(32-24)14-19-8-7-10-25(30)26(19)27(31)33-22/h4-11,21-24,29-30H,3,12-17H2,1-2H3/b5-4-,9-6-,18-11+. The molecule has 2 aliphatic rings. The van der Waals surface area contributed by atoms with E-state index in [1.165, 1.54) is 6.07 Å². The number of cyclic esters (lactones) is 1. The van der Waals surface area contributed by atoms with Gasteiger partial charge in [0.15, 0.2) is 5.78 Å². The van der Waals surface area contributed by atoms with E-state index in [0.29, 0.717) is 44.1 Å². The van der Waals surface area contributed by atoms with Crippen LogP contribution in [0.5, 0.6) is 5.75 Å². The Bertz CT molecular complexity index is 929. The van der Waals surface area contributed by atoms with E-state index in [-0.39, 0.29) is 29.3 Å². The molecule has 2 N–H and O–H groups in total. The summed E-state index contributed by atoms with van der Waals surface area (Å²) in [5.74, 6) is -0.666. The van der Waals surface area contributed by atoms with Gasteiger partial charge in [-0.3, -0.25) is 4.79 Å². The number of hydrogen-bond donors (Lipinski definition) is 2. The molecule has 2 aliphatic heterocycles. The highest BCUT2D eigenvalue weighted by Gasteiger charge is 2.34. The summed E-state index contributed by atoms with van der Waals surface area (Å²) in [7, 11) is 0. The van der Waals surface area contributed by atoms with Crippen LogP contribution in [-0.2, 0) is 20.7 Å². The molecule has 0 aromatic heterocycles. The quantitative estimate of drug-likeness (QED) is 0.271. The van der Waals surface area contributed by atoms with E-state index >= 15 is 0 Å². The van der Waals surface area contributed by atoms with Gasteiger partial charge in [0.25, 0.3) is 0 Å². The van der Waals surface area contributed by atoms with E-state index in [2.05, 4.69) is 0 Å². The first-order chi connectivity index (χ1) is 15.9. The van der Waals surface area contributed by atoms with E-state index < -0.39 is 18.2 Å². The number of aliphatic hydroxyl groups excluding tert-OH is 1. The summed E-state index contributed by atoms with van der Waals surface area (Å²) in [6.07, 6.45) is 11.1. The zero-order valence-corrected chi connectivity index (χ0v) is 19.4. The summed E-state index contributed by atoms with van der Waals surface area (Å²) >= 11 is 0. The summed E-state index contributed by atoms with van der Waals surface area (Å²) in [4.78, 5) is 25.1. The number of carbonyl (C=O) groups is 2. The number of aliphatic hydroxyl groups is 1. The molecule has 4 atom stereocenters. The molecule has 6 heteroatoms. The second-order valence-electron chi connectivity index (χ2n) is 8.91. The monoisotopic (exact) mass is 454 g/mol. The molecule has 1 aromatic rings. The van der Waals surface area contributed by atoms with Gasteiger partial charge in [0.1, 0.15) is 17.4 Å². The molecule has 0 saturated carbocycles.